The third kappa shape index (κ3) is 2.74. The maximum Gasteiger partial charge on any atom is 0.325 e. The van der Waals surface area contributed by atoms with Crippen molar-refractivity contribution in [3.05, 3.63) is 35.4 Å². The highest BCUT2D eigenvalue weighted by atomic mass is 16.2. The van der Waals surface area contributed by atoms with E-state index in [1.165, 1.54) is 5.56 Å². The number of aryl methyl sites for hydroxylation is 1. The molecule has 0 spiro atoms. The molecule has 0 radical (unpaired) electrons. The number of carbonyl (C=O) groups excluding carboxylic acids is 3. The molecule has 112 valence electrons. The van der Waals surface area contributed by atoms with Crippen LogP contribution in [0.3, 0.4) is 0 Å². The zero-order valence-electron chi connectivity index (χ0n) is 12.2. The molecule has 2 rings (SSSR count). The van der Waals surface area contributed by atoms with Gasteiger partial charge in [-0.25, -0.2) is 4.79 Å². The van der Waals surface area contributed by atoms with Gasteiger partial charge in [-0.15, -0.1) is 0 Å². The summed E-state index contributed by atoms with van der Waals surface area (Å²) in [5.41, 5.74) is 5.77. The number of nitrogens with one attached hydrogen (secondary N) is 1. The molecule has 0 saturated carbocycles. The van der Waals surface area contributed by atoms with Crippen LogP contribution in [0.15, 0.2) is 24.3 Å². The Labute approximate surface area is 123 Å². The number of amides is 4. The van der Waals surface area contributed by atoms with Gasteiger partial charge >= 0.3 is 6.03 Å². The Morgan fingerprint density at radius 1 is 1.29 bits per heavy atom. The van der Waals surface area contributed by atoms with Crippen molar-refractivity contribution in [3.63, 3.8) is 0 Å². The molecular formula is C15H19N3O3. The largest absolute Gasteiger partial charge is 0.368 e. The van der Waals surface area contributed by atoms with Crippen molar-refractivity contribution in [3.8, 4) is 0 Å². The molecule has 6 nitrogen and oxygen atoms in total. The van der Waals surface area contributed by atoms with Crippen molar-refractivity contribution in [2.75, 3.05) is 6.54 Å². The van der Waals surface area contributed by atoms with Gasteiger partial charge in [0.15, 0.2) is 0 Å². The highest BCUT2D eigenvalue weighted by Gasteiger charge is 2.49. The predicted octanol–water partition coefficient (Wildman–Crippen LogP) is 0.891. The van der Waals surface area contributed by atoms with E-state index < -0.39 is 29.9 Å². The Morgan fingerprint density at radius 3 is 2.43 bits per heavy atom. The first-order chi connectivity index (χ1) is 9.88. The Kier molecular flexibility index (Phi) is 3.97. The second-order valence-electron chi connectivity index (χ2n) is 5.36. The predicted molar refractivity (Wildman–Crippen MR) is 77.2 cm³/mol. The average molecular weight is 289 g/mol. The van der Waals surface area contributed by atoms with Gasteiger partial charge in [0.2, 0.25) is 5.91 Å². The number of nitrogens with zero attached hydrogens (tertiary/aromatic N) is 1. The first kappa shape index (κ1) is 15.0. The van der Waals surface area contributed by atoms with E-state index in [2.05, 4.69) is 12.2 Å². The maximum atomic E-state index is 12.4. The molecule has 1 aliphatic heterocycles. The van der Waals surface area contributed by atoms with Crippen molar-refractivity contribution < 1.29 is 14.4 Å². The molecule has 1 saturated heterocycles. The fourth-order valence-electron chi connectivity index (χ4n) is 2.49. The van der Waals surface area contributed by atoms with Crippen molar-refractivity contribution in [1.82, 2.24) is 10.2 Å². The van der Waals surface area contributed by atoms with Gasteiger partial charge in [0.05, 0.1) is 0 Å². The van der Waals surface area contributed by atoms with E-state index in [1.807, 2.05) is 24.3 Å². The molecule has 0 unspecified atom stereocenters. The van der Waals surface area contributed by atoms with Crippen LogP contribution >= 0.6 is 0 Å². The van der Waals surface area contributed by atoms with E-state index in [0.29, 0.717) is 5.56 Å². The molecule has 4 amide bonds. The summed E-state index contributed by atoms with van der Waals surface area (Å²) in [4.78, 5) is 36.1. The lowest BCUT2D eigenvalue weighted by atomic mass is 9.91. The molecule has 1 aromatic rings. The molecule has 1 atom stereocenters. The SMILES string of the molecule is CCCc1ccc([C@]2(C)NC(=O)N(CC(N)=O)C2=O)cc1. The molecule has 1 aromatic carbocycles. The van der Waals surface area contributed by atoms with Gasteiger partial charge in [0, 0.05) is 0 Å². The van der Waals surface area contributed by atoms with E-state index in [1.54, 1.807) is 6.92 Å². The third-order valence-corrected chi connectivity index (χ3v) is 3.66. The standard InChI is InChI=1S/C15H19N3O3/c1-3-4-10-5-7-11(8-6-10)15(2)13(20)18(9-12(16)19)14(21)17-15/h5-8H,3-4,9H2,1-2H3,(H2,16,19)(H,17,21)/t15-/m0/s1. The minimum Gasteiger partial charge on any atom is -0.368 e. The summed E-state index contributed by atoms with van der Waals surface area (Å²) in [5.74, 6) is -1.18. The average Bonchev–Trinajstić information content (AvgIpc) is 2.64. The number of carbonyl (C=O) groups is 3. The minimum absolute atomic E-state index is 0.409. The Hall–Kier alpha value is -2.37. The monoisotopic (exact) mass is 289 g/mol. The number of benzene rings is 1. The van der Waals surface area contributed by atoms with E-state index in [-0.39, 0.29) is 0 Å². The van der Waals surface area contributed by atoms with Gasteiger partial charge in [0.1, 0.15) is 12.1 Å². The second-order valence-corrected chi connectivity index (χ2v) is 5.36. The summed E-state index contributed by atoms with van der Waals surface area (Å²) in [6.45, 7) is 3.31. The van der Waals surface area contributed by atoms with Crippen molar-refractivity contribution in [2.24, 2.45) is 5.73 Å². The van der Waals surface area contributed by atoms with Gasteiger partial charge in [-0.3, -0.25) is 14.5 Å². The number of nitrogens with two attached hydrogens (primary N) is 1. The molecule has 1 heterocycles. The van der Waals surface area contributed by atoms with Crippen LogP contribution in [0.1, 0.15) is 31.4 Å². The molecule has 0 bridgehead atoms. The van der Waals surface area contributed by atoms with E-state index in [4.69, 9.17) is 5.73 Å². The zero-order valence-corrected chi connectivity index (χ0v) is 12.2. The van der Waals surface area contributed by atoms with Crippen LogP contribution in [0.2, 0.25) is 0 Å². The van der Waals surface area contributed by atoms with Crippen molar-refractivity contribution in [2.45, 2.75) is 32.2 Å². The van der Waals surface area contributed by atoms with E-state index in [9.17, 15) is 14.4 Å². The summed E-state index contributed by atoms with van der Waals surface area (Å²) in [7, 11) is 0. The summed E-state index contributed by atoms with van der Waals surface area (Å²) in [6, 6.07) is 6.95. The maximum absolute atomic E-state index is 12.4. The molecule has 6 heteroatoms. The smallest absolute Gasteiger partial charge is 0.325 e. The summed E-state index contributed by atoms with van der Waals surface area (Å²) < 4.78 is 0. The number of rotatable bonds is 5. The summed E-state index contributed by atoms with van der Waals surface area (Å²) in [5, 5.41) is 2.63. The first-order valence-corrected chi connectivity index (χ1v) is 6.90. The lowest BCUT2D eigenvalue weighted by Crippen LogP contribution is -2.42. The molecular weight excluding hydrogens is 270 g/mol. The van der Waals surface area contributed by atoms with Crippen LogP contribution in [0.4, 0.5) is 4.79 Å². The quantitative estimate of drug-likeness (QED) is 0.788. The van der Waals surface area contributed by atoms with Crippen LogP contribution in [-0.2, 0) is 21.5 Å². The lowest BCUT2D eigenvalue weighted by Gasteiger charge is -2.22. The molecule has 0 aromatic heterocycles. The van der Waals surface area contributed by atoms with Crippen LogP contribution in [0, 0.1) is 0 Å². The molecule has 0 aliphatic carbocycles. The van der Waals surface area contributed by atoms with Crippen molar-refractivity contribution >= 4 is 17.8 Å². The van der Waals surface area contributed by atoms with Gasteiger partial charge in [0.25, 0.3) is 5.91 Å². The number of primary amides is 1. The number of urea groups is 1. The lowest BCUT2D eigenvalue weighted by molar-refractivity contribution is -0.134. The second kappa shape index (κ2) is 5.55. The Balaban J connectivity index is 2.27. The number of hydrogen-bond acceptors (Lipinski definition) is 3. The zero-order chi connectivity index (χ0) is 15.6. The highest BCUT2D eigenvalue weighted by molar-refractivity contribution is 6.09. The fraction of sp³-hybridized carbons (Fsp3) is 0.400. The topological polar surface area (TPSA) is 92.5 Å². The normalized spacial score (nSPS) is 21.5. The van der Waals surface area contributed by atoms with Crippen LogP contribution in [0.25, 0.3) is 0 Å². The number of hydrogen-bond donors (Lipinski definition) is 2. The first-order valence-electron chi connectivity index (χ1n) is 6.90. The highest BCUT2D eigenvalue weighted by Crippen LogP contribution is 2.28. The molecule has 1 fully saturated rings. The van der Waals surface area contributed by atoms with E-state index >= 15 is 0 Å². The van der Waals surface area contributed by atoms with Crippen LogP contribution in [0.5, 0.6) is 0 Å². The number of imide groups is 1. The van der Waals surface area contributed by atoms with Gasteiger partial charge in [-0.05, 0) is 24.5 Å². The Bertz CT molecular complexity index is 582. The molecule has 3 N–H and O–H groups in total. The summed E-state index contributed by atoms with van der Waals surface area (Å²) in [6.07, 6.45) is 2.00. The van der Waals surface area contributed by atoms with Gasteiger partial charge < -0.3 is 11.1 Å². The van der Waals surface area contributed by atoms with Gasteiger partial charge in [-0.1, -0.05) is 37.6 Å². The van der Waals surface area contributed by atoms with E-state index in [0.717, 1.165) is 17.7 Å². The third-order valence-electron chi connectivity index (χ3n) is 3.66. The van der Waals surface area contributed by atoms with Crippen LogP contribution < -0.4 is 11.1 Å². The molecule has 21 heavy (non-hydrogen) atoms. The van der Waals surface area contributed by atoms with Crippen LogP contribution in [-0.4, -0.2) is 29.3 Å². The molecule has 1 aliphatic rings. The minimum atomic E-state index is -1.16. The van der Waals surface area contributed by atoms with Gasteiger partial charge in [-0.2, -0.15) is 0 Å². The Morgan fingerprint density at radius 2 is 1.90 bits per heavy atom. The van der Waals surface area contributed by atoms with Crippen molar-refractivity contribution in [1.29, 1.82) is 0 Å². The summed E-state index contributed by atoms with van der Waals surface area (Å²) >= 11 is 0. The fourth-order valence-corrected chi connectivity index (χ4v) is 2.49.